The zero-order chi connectivity index (χ0) is 68.7. The standard InChI is InChI=1S/C92H63N11/c1-92(2,3)66-42-46-73-70-35-17-21-39-80(70)103(83(73)52-66)85-55-77(91-99-88(60-28-12-6-13-29-60)96-89(100-91)61-30-14-7-15-31-61)75(54-76(85)65-33-23-49-94-57-65)62-40-45-72-69-34-16-19-37-78(69)101(82(72)50-62)67-43-47-74-71-36-18-20-38-79(71)102(84(74)53-67)81-51-63(41-44-68(81)64-32-22-48-93-56-64)90-97-86(58-24-8-4-9-25-58)95-87(98-90)59-26-10-5-11-27-59/h4-57H,1-3H3. The fraction of sp³-hybridized carbons (Fsp3) is 0.0435. The maximum Gasteiger partial charge on any atom is 0.164 e. The molecule has 486 valence electrons. The lowest BCUT2D eigenvalue weighted by atomic mass is 9.86. The minimum absolute atomic E-state index is 0.122. The minimum Gasteiger partial charge on any atom is -0.309 e. The highest BCUT2D eigenvalue weighted by molar-refractivity contribution is 6.14. The van der Waals surface area contributed by atoms with Gasteiger partial charge >= 0.3 is 0 Å². The monoisotopic (exact) mass is 1320 g/mol. The number of benzene rings is 12. The van der Waals surface area contributed by atoms with Gasteiger partial charge in [0.05, 0.1) is 44.5 Å². The number of aromatic nitrogens is 11. The number of fused-ring (bicyclic) bond motifs is 9. The van der Waals surface area contributed by atoms with Crippen LogP contribution in [0.1, 0.15) is 26.3 Å². The Hall–Kier alpha value is -13.6. The SMILES string of the molecule is CC(C)(C)c1ccc2c3ccccc3n(-c3cc(-c4nc(-c5ccccc5)nc(-c5ccccc5)n4)c(-c4ccc5c6ccccc6n(-c6ccc7c8ccccc8n(-c8cc(-c9nc(-c%10ccccc%10)nc(-c%10ccccc%10)n9)ccc8-c8cccnc8)c7c6)c5c4)cc3-c3cccnc3)c2c1. The molecular formula is C92H63N11. The van der Waals surface area contributed by atoms with Gasteiger partial charge in [0, 0.05) is 118 Å². The molecule has 103 heavy (non-hydrogen) atoms. The van der Waals surface area contributed by atoms with Crippen molar-refractivity contribution in [1.29, 1.82) is 0 Å². The summed E-state index contributed by atoms with van der Waals surface area (Å²) in [5.74, 6) is 3.43. The molecule has 0 fully saturated rings. The number of hydrogen-bond acceptors (Lipinski definition) is 8. The van der Waals surface area contributed by atoms with Crippen molar-refractivity contribution in [2.75, 3.05) is 0 Å². The molecule has 0 aliphatic carbocycles. The molecule has 0 saturated carbocycles. The van der Waals surface area contributed by atoms with Crippen molar-refractivity contribution in [1.82, 2.24) is 53.6 Å². The molecule has 0 radical (unpaired) electrons. The fourth-order valence-corrected chi connectivity index (χ4v) is 14.9. The van der Waals surface area contributed by atoms with E-state index in [1.54, 1.807) is 0 Å². The van der Waals surface area contributed by atoms with Crippen LogP contribution in [0.3, 0.4) is 0 Å². The summed E-state index contributed by atoms with van der Waals surface area (Å²) >= 11 is 0. The largest absolute Gasteiger partial charge is 0.309 e. The van der Waals surface area contributed by atoms with Crippen LogP contribution in [0.5, 0.6) is 0 Å². The van der Waals surface area contributed by atoms with Gasteiger partial charge in [0.1, 0.15) is 0 Å². The van der Waals surface area contributed by atoms with E-state index in [9.17, 15) is 0 Å². The molecule has 0 amide bonds. The molecule has 19 aromatic rings. The van der Waals surface area contributed by atoms with Crippen LogP contribution in [-0.4, -0.2) is 53.6 Å². The smallest absolute Gasteiger partial charge is 0.164 e. The fourth-order valence-electron chi connectivity index (χ4n) is 14.9. The third-order valence-corrected chi connectivity index (χ3v) is 19.9. The second-order valence-electron chi connectivity index (χ2n) is 27.2. The van der Waals surface area contributed by atoms with Crippen LogP contribution in [0.25, 0.3) is 184 Å². The zero-order valence-corrected chi connectivity index (χ0v) is 56.6. The second kappa shape index (κ2) is 24.7. The van der Waals surface area contributed by atoms with E-state index in [2.05, 4.69) is 234 Å². The number of para-hydroxylation sites is 3. The number of nitrogens with zero attached hydrogens (tertiary/aromatic N) is 11. The Bertz CT molecular complexity index is 6390. The molecule has 12 aromatic carbocycles. The first-order valence-corrected chi connectivity index (χ1v) is 34.7. The Morgan fingerprint density at radius 3 is 1.12 bits per heavy atom. The van der Waals surface area contributed by atoms with Gasteiger partial charge in [0.2, 0.25) is 0 Å². The highest BCUT2D eigenvalue weighted by Crippen LogP contribution is 2.47. The van der Waals surface area contributed by atoms with Crippen LogP contribution in [0.4, 0.5) is 0 Å². The maximum absolute atomic E-state index is 5.54. The maximum atomic E-state index is 5.54. The Morgan fingerprint density at radius 2 is 0.621 bits per heavy atom. The number of pyridine rings is 2. The van der Waals surface area contributed by atoms with Gasteiger partial charge in [-0.05, 0) is 94.9 Å². The summed E-state index contributed by atoms with van der Waals surface area (Å²) in [6.07, 6.45) is 7.58. The third kappa shape index (κ3) is 10.6. The normalized spacial score (nSPS) is 11.8. The van der Waals surface area contributed by atoms with Crippen molar-refractivity contribution in [3.63, 3.8) is 0 Å². The van der Waals surface area contributed by atoms with E-state index in [1.807, 2.05) is 134 Å². The van der Waals surface area contributed by atoms with Crippen molar-refractivity contribution in [2.45, 2.75) is 26.2 Å². The van der Waals surface area contributed by atoms with Gasteiger partial charge in [0.25, 0.3) is 0 Å². The van der Waals surface area contributed by atoms with E-state index in [0.717, 1.165) is 144 Å². The lowest BCUT2D eigenvalue weighted by Crippen LogP contribution is -2.11. The van der Waals surface area contributed by atoms with E-state index < -0.39 is 0 Å². The molecule has 0 atom stereocenters. The topological polar surface area (TPSA) is 118 Å². The van der Waals surface area contributed by atoms with E-state index in [1.165, 1.54) is 10.9 Å². The predicted molar refractivity (Wildman–Crippen MR) is 419 cm³/mol. The quantitative estimate of drug-likeness (QED) is 0.119. The van der Waals surface area contributed by atoms with E-state index in [-0.39, 0.29) is 5.41 Å². The van der Waals surface area contributed by atoms with Gasteiger partial charge in [-0.2, -0.15) is 0 Å². The molecule has 7 heterocycles. The molecule has 7 aromatic heterocycles. The summed E-state index contributed by atoms with van der Waals surface area (Å²) in [5.41, 5.74) is 21.4. The molecule has 0 unspecified atom stereocenters. The van der Waals surface area contributed by atoms with Crippen molar-refractivity contribution < 1.29 is 0 Å². The van der Waals surface area contributed by atoms with Gasteiger partial charge < -0.3 is 13.7 Å². The summed E-state index contributed by atoms with van der Waals surface area (Å²) < 4.78 is 7.28. The van der Waals surface area contributed by atoms with E-state index >= 15 is 0 Å². The minimum atomic E-state index is -0.122. The molecule has 0 saturated heterocycles. The molecule has 19 rings (SSSR count). The lowest BCUT2D eigenvalue weighted by Gasteiger charge is -2.21. The van der Waals surface area contributed by atoms with Gasteiger partial charge in [-0.3, -0.25) is 9.97 Å². The van der Waals surface area contributed by atoms with Crippen LogP contribution in [0, 0.1) is 0 Å². The Kier molecular flexibility index (Phi) is 14.5. The first kappa shape index (κ1) is 60.5. The zero-order valence-electron chi connectivity index (χ0n) is 56.6. The number of hydrogen-bond donors (Lipinski definition) is 0. The van der Waals surface area contributed by atoms with Crippen LogP contribution in [0.2, 0.25) is 0 Å². The molecule has 11 nitrogen and oxygen atoms in total. The Balaban J connectivity index is 0.867. The molecule has 0 spiro atoms. The highest BCUT2D eigenvalue weighted by Gasteiger charge is 2.27. The van der Waals surface area contributed by atoms with Crippen molar-refractivity contribution in [3.05, 3.63) is 334 Å². The summed E-state index contributed by atoms with van der Waals surface area (Å²) in [7, 11) is 0. The van der Waals surface area contributed by atoms with Crippen molar-refractivity contribution >= 4 is 65.4 Å². The summed E-state index contributed by atoms with van der Waals surface area (Å²) in [4.78, 5) is 41.4. The first-order chi connectivity index (χ1) is 50.7. The second-order valence-corrected chi connectivity index (χ2v) is 27.2. The molecule has 0 bridgehead atoms. The molecule has 0 aliphatic rings. The summed E-state index contributed by atoms with van der Waals surface area (Å²) in [5, 5.41) is 6.79. The van der Waals surface area contributed by atoms with E-state index in [0.29, 0.717) is 34.9 Å². The van der Waals surface area contributed by atoms with Gasteiger partial charge in [-0.25, -0.2) is 29.9 Å². The average Bonchev–Trinajstić information content (AvgIpc) is 1.62. The molecule has 0 aliphatic heterocycles. The highest BCUT2D eigenvalue weighted by atomic mass is 15.1. The average molecular weight is 1320 g/mol. The summed E-state index contributed by atoms with van der Waals surface area (Å²) in [6, 6.07) is 107. The van der Waals surface area contributed by atoms with Gasteiger partial charge in [-0.1, -0.05) is 251 Å². The molecular weight excluding hydrogens is 1260 g/mol. The van der Waals surface area contributed by atoms with Crippen molar-refractivity contribution in [2.24, 2.45) is 0 Å². The van der Waals surface area contributed by atoms with Crippen LogP contribution >= 0.6 is 0 Å². The first-order valence-electron chi connectivity index (χ1n) is 34.7. The molecule has 11 heteroatoms. The molecule has 0 N–H and O–H groups in total. The third-order valence-electron chi connectivity index (χ3n) is 19.9. The van der Waals surface area contributed by atoms with Crippen molar-refractivity contribution in [3.8, 4) is 119 Å². The van der Waals surface area contributed by atoms with Crippen LogP contribution < -0.4 is 0 Å². The van der Waals surface area contributed by atoms with Gasteiger partial charge in [0.15, 0.2) is 34.9 Å². The van der Waals surface area contributed by atoms with Crippen LogP contribution in [0.15, 0.2) is 328 Å². The summed E-state index contributed by atoms with van der Waals surface area (Å²) in [6.45, 7) is 6.84. The Labute approximate surface area is 594 Å². The predicted octanol–water partition coefficient (Wildman–Crippen LogP) is 22.4. The Morgan fingerprint density at radius 1 is 0.233 bits per heavy atom. The van der Waals surface area contributed by atoms with Crippen LogP contribution in [-0.2, 0) is 5.41 Å². The lowest BCUT2D eigenvalue weighted by molar-refractivity contribution is 0.591. The van der Waals surface area contributed by atoms with Gasteiger partial charge in [-0.15, -0.1) is 0 Å². The number of rotatable bonds is 12. The van der Waals surface area contributed by atoms with E-state index in [4.69, 9.17) is 34.9 Å².